The Hall–Kier alpha value is -2.57. The van der Waals surface area contributed by atoms with Crippen molar-refractivity contribution < 1.29 is 24.2 Å². The smallest absolute Gasteiger partial charge is 0.411 e. The maximum Gasteiger partial charge on any atom is 0.411 e. The summed E-state index contributed by atoms with van der Waals surface area (Å²) in [5.41, 5.74) is 1.09. The van der Waals surface area contributed by atoms with E-state index < -0.39 is 12.1 Å². The number of nitrogens with one attached hydrogen (secondary N) is 1. The molecule has 2 amide bonds. The first-order chi connectivity index (χ1) is 11.0. The minimum Gasteiger partial charge on any atom is -0.481 e. The van der Waals surface area contributed by atoms with Gasteiger partial charge in [0, 0.05) is 30.8 Å². The van der Waals surface area contributed by atoms with Gasteiger partial charge in [-0.3, -0.25) is 14.9 Å². The molecule has 2 rings (SSSR count). The third-order valence-corrected chi connectivity index (χ3v) is 3.93. The van der Waals surface area contributed by atoms with E-state index in [1.165, 1.54) is 7.11 Å². The zero-order valence-electron chi connectivity index (χ0n) is 12.9. The van der Waals surface area contributed by atoms with Crippen LogP contribution in [0.4, 0.5) is 10.5 Å². The number of anilines is 1. The minimum absolute atomic E-state index is 0.0802. The number of carbonyl (C=O) groups excluding carboxylic acids is 2. The molecule has 2 N–H and O–H groups in total. The number of carboxylic acids is 1. The molecule has 1 heterocycles. The number of amides is 2. The first-order valence-corrected chi connectivity index (χ1v) is 7.45. The van der Waals surface area contributed by atoms with E-state index in [2.05, 4.69) is 10.1 Å². The summed E-state index contributed by atoms with van der Waals surface area (Å²) in [5.74, 6) is -0.727. The highest BCUT2D eigenvalue weighted by molar-refractivity contribution is 5.95. The molecule has 1 aromatic carbocycles. The largest absolute Gasteiger partial charge is 0.481 e. The third-order valence-electron chi connectivity index (χ3n) is 3.93. The molecule has 1 aliphatic heterocycles. The molecule has 0 radical (unpaired) electrons. The number of aliphatic carboxylic acids is 1. The van der Waals surface area contributed by atoms with E-state index in [0.29, 0.717) is 37.2 Å². The molecule has 0 unspecified atom stereocenters. The lowest BCUT2D eigenvalue weighted by atomic mass is 9.93. The SMILES string of the molecule is COC(=O)Nc1ccc(C(=O)N2CCC(CC(=O)O)CC2)cc1. The summed E-state index contributed by atoms with van der Waals surface area (Å²) >= 11 is 0. The van der Waals surface area contributed by atoms with Crippen LogP contribution in [0.5, 0.6) is 0 Å². The van der Waals surface area contributed by atoms with Gasteiger partial charge in [-0.25, -0.2) is 4.79 Å². The van der Waals surface area contributed by atoms with Crippen LogP contribution in [-0.2, 0) is 9.53 Å². The van der Waals surface area contributed by atoms with Gasteiger partial charge in [-0.15, -0.1) is 0 Å². The number of hydrogen-bond donors (Lipinski definition) is 2. The highest BCUT2D eigenvalue weighted by Gasteiger charge is 2.24. The maximum absolute atomic E-state index is 12.4. The van der Waals surface area contributed by atoms with Crippen LogP contribution in [0.25, 0.3) is 0 Å². The van der Waals surface area contributed by atoms with Crippen molar-refractivity contribution in [2.24, 2.45) is 5.92 Å². The number of hydrogen-bond acceptors (Lipinski definition) is 4. The van der Waals surface area contributed by atoms with Gasteiger partial charge < -0.3 is 14.7 Å². The van der Waals surface area contributed by atoms with Crippen LogP contribution >= 0.6 is 0 Å². The van der Waals surface area contributed by atoms with Crippen LogP contribution in [0.2, 0.25) is 0 Å². The molecule has 0 bridgehead atoms. The highest BCUT2D eigenvalue weighted by Crippen LogP contribution is 2.22. The van der Waals surface area contributed by atoms with Gasteiger partial charge in [0.1, 0.15) is 0 Å². The Bertz CT molecular complexity index is 577. The molecule has 0 aromatic heterocycles. The van der Waals surface area contributed by atoms with Gasteiger partial charge in [0.2, 0.25) is 0 Å². The summed E-state index contributed by atoms with van der Waals surface area (Å²) in [7, 11) is 1.28. The van der Waals surface area contributed by atoms with Crippen molar-refractivity contribution in [3.63, 3.8) is 0 Å². The lowest BCUT2D eigenvalue weighted by Crippen LogP contribution is -2.38. The van der Waals surface area contributed by atoms with Crippen LogP contribution in [-0.4, -0.2) is 48.2 Å². The molecule has 0 atom stereocenters. The monoisotopic (exact) mass is 320 g/mol. The fourth-order valence-electron chi connectivity index (χ4n) is 2.63. The van der Waals surface area contributed by atoms with Gasteiger partial charge in [0.25, 0.3) is 5.91 Å². The van der Waals surface area contributed by atoms with Crippen LogP contribution in [0.15, 0.2) is 24.3 Å². The molecule has 1 aliphatic rings. The van der Waals surface area contributed by atoms with Crippen molar-refractivity contribution in [3.05, 3.63) is 29.8 Å². The molecule has 23 heavy (non-hydrogen) atoms. The van der Waals surface area contributed by atoms with Crippen LogP contribution in [0, 0.1) is 5.92 Å². The second-order valence-corrected chi connectivity index (χ2v) is 5.53. The van der Waals surface area contributed by atoms with Crippen molar-refractivity contribution in [3.8, 4) is 0 Å². The van der Waals surface area contributed by atoms with Gasteiger partial charge >= 0.3 is 12.1 Å². The van der Waals surface area contributed by atoms with Crippen LogP contribution in [0.3, 0.4) is 0 Å². The zero-order chi connectivity index (χ0) is 16.8. The van der Waals surface area contributed by atoms with Gasteiger partial charge in [0.15, 0.2) is 0 Å². The second kappa shape index (κ2) is 7.62. The van der Waals surface area contributed by atoms with E-state index in [9.17, 15) is 14.4 Å². The number of methoxy groups -OCH3 is 1. The number of carboxylic acid groups (broad SMARTS) is 1. The minimum atomic E-state index is -0.788. The summed E-state index contributed by atoms with van der Waals surface area (Å²) in [5, 5.41) is 11.3. The topological polar surface area (TPSA) is 95.9 Å². The number of nitrogens with zero attached hydrogens (tertiary/aromatic N) is 1. The Morgan fingerprint density at radius 3 is 2.35 bits per heavy atom. The standard InChI is InChI=1S/C16H20N2O5/c1-23-16(22)17-13-4-2-12(3-5-13)15(21)18-8-6-11(7-9-18)10-14(19)20/h2-5,11H,6-10H2,1H3,(H,17,22)(H,19,20). The average Bonchev–Trinajstić information content (AvgIpc) is 2.55. The summed E-state index contributed by atoms with van der Waals surface area (Å²) in [4.78, 5) is 36.0. The van der Waals surface area contributed by atoms with E-state index in [4.69, 9.17) is 5.11 Å². The molecule has 124 valence electrons. The molecule has 1 fully saturated rings. The lowest BCUT2D eigenvalue weighted by molar-refractivity contribution is -0.138. The molecular weight excluding hydrogens is 300 g/mol. The Balaban J connectivity index is 1.91. The lowest BCUT2D eigenvalue weighted by Gasteiger charge is -2.31. The second-order valence-electron chi connectivity index (χ2n) is 5.53. The van der Waals surface area contributed by atoms with Crippen molar-refractivity contribution in [1.82, 2.24) is 4.90 Å². The Kier molecular flexibility index (Phi) is 5.56. The van der Waals surface area contributed by atoms with E-state index in [0.717, 1.165) is 0 Å². The van der Waals surface area contributed by atoms with E-state index in [1.807, 2.05) is 0 Å². The predicted octanol–water partition coefficient (Wildman–Crippen LogP) is 2.19. The predicted molar refractivity (Wildman–Crippen MR) is 83.4 cm³/mol. The Morgan fingerprint density at radius 1 is 1.22 bits per heavy atom. The quantitative estimate of drug-likeness (QED) is 0.886. The summed E-state index contributed by atoms with van der Waals surface area (Å²) in [6.07, 6.45) is 1.01. The van der Waals surface area contributed by atoms with E-state index >= 15 is 0 Å². The highest BCUT2D eigenvalue weighted by atomic mass is 16.5. The average molecular weight is 320 g/mol. The van der Waals surface area contributed by atoms with Crippen LogP contribution in [0.1, 0.15) is 29.6 Å². The first-order valence-electron chi connectivity index (χ1n) is 7.45. The van der Waals surface area contributed by atoms with Crippen molar-refractivity contribution in [2.75, 3.05) is 25.5 Å². The van der Waals surface area contributed by atoms with Gasteiger partial charge in [-0.05, 0) is 43.0 Å². The van der Waals surface area contributed by atoms with Gasteiger partial charge in [0.05, 0.1) is 7.11 Å². The van der Waals surface area contributed by atoms with Crippen molar-refractivity contribution in [1.29, 1.82) is 0 Å². The maximum atomic E-state index is 12.4. The fraction of sp³-hybridized carbons (Fsp3) is 0.438. The number of rotatable bonds is 4. The molecule has 0 aliphatic carbocycles. The van der Waals surface area contributed by atoms with E-state index in [-0.39, 0.29) is 18.2 Å². The summed E-state index contributed by atoms with van der Waals surface area (Å²) < 4.78 is 4.50. The van der Waals surface area contributed by atoms with Gasteiger partial charge in [-0.2, -0.15) is 0 Å². The summed E-state index contributed by atoms with van der Waals surface area (Å²) in [6, 6.07) is 6.58. The number of benzene rings is 1. The Labute approximate surface area is 134 Å². The molecule has 0 spiro atoms. The third kappa shape index (κ3) is 4.70. The molecule has 1 aromatic rings. The molecule has 1 saturated heterocycles. The number of carbonyl (C=O) groups is 3. The Morgan fingerprint density at radius 2 is 1.83 bits per heavy atom. The number of piperidine rings is 1. The molecule has 7 heteroatoms. The molecular formula is C16H20N2O5. The van der Waals surface area contributed by atoms with Gasteiger partial charge in [-0.1, -0.05) is 0 Å². The molecule has 7 nitrogen and oxygen atoms in total. The summed E-state index contributed by atoms with van der Waals surface area (Å²) in [6.45, 7) is 1.14. The fourth-order valence-corrected chi connectivity index (χ4v) is 2.63. The molecule has 0 saturated carbocycles. The zero-order valence-corrected chi connectivity index (χ0v) is 12.9. The van der Waals surface area contributed by atoms with Crippen molar-refractivity contribution in [2.45, 2.75) is 19.3 Å². The first kappa shape index (κ1) is 16.8. The normalized spacial score (nSPS) is 15.1. The van der Waals surface area contributed by atoms with Crippen molar-refractivity contribution >= 4 is 23.7 Å². The van der Waals surface area contributed by atoms with E-state index in [1.54, 1.807) is 29.2 Å². The number of ether oxygens (including phenoxy) is 1. The van der Waals surface area contributed by atoms with Crippen LogP contribution < -0.4 is 5.32 Å². The number of likely N-dealkylation sites (tertiary alicyclic amines) is 1.